The maximum absolute atomic E-state index is 4.24. The Balaban J connectivity index is 0.00000202. The predicted molar refractivity (Wildman–Crippen MR) is 255 cm³/mol. The van der Waals surface area contributed by atoms with E-state index in [0.29, 0.717) is 0 Å². The van der Waals surface area contributed by atoms with Crippen LogP contribution in [0.2, 0.25) is 0 Å². The normalized spacial score (nSPS) is 12.4. The van der Waals surface area contributed by atoms with Gasteiger partial charge in [0.05, 0.1) is 11.4 Å². The first-order chi connectivity index (χ1) is 26.9. The summed E-state index contributed by atoms with van der Waals surface area (Å²) < 4.78 is 0. The number of allylic oxidation sites excluding steroid dienone is 15. The first-order valence-electron chi connectivity index (χ1n) is 20.1. The van der Waals surface area contributed by atoms with Crippen molar-refractivity contribution in [1.82, 2.24) is 0 Å². The lowest BCUT2D eigenvalue weighted by Crippen LogP contribution is -2.21. The second-order valence-electron chi connectivity index (χ2n) is 11.9. The summed E-state index contributed by atoms with van der Waals surface area (Å²) >= 11 is 0. The van der Waals surface area contributed by atoms with Crippen molar-refractivity contribution in [3.05, 3.63) is 194 Å². The first kappa shape index (κ1) is 47.4. The van der Waals surface area contributed by atoms with Crippen LogP contribution in [0.15, 0.2) is 194 Å². The molecule has 55 heavy (non-hydrogen) atoms. The summed E-state index contributed by atoms with van der Waals surface area (Å²) in [4.78, 5) is 4.62. The summed E-state index contributed by atoms with van der Waals surface area (Å²) in [5.74, 6) is 0. The Kier molecular flexibility index (Phi) is 23.3. The van der Waals surface area contributed by atoms with Crippen molar-refractivity contribution in [2.75, 3.05) is 9.80 Å². The molecule has 0 aliphatic rings. The summed E-state index contributed by atoms with van der Waals surface area (Å²) in [5.41, 5.74) is 6.25. The molecule has 290 valence electrons. The van der Waals surface area contributed by atoms with Gasteiger partial charge in [0.1, 0.15) is 0 Å². The van der Waals surface area contributed by atoms with Crippen LogP contribution in [0.5, 0.6) is 0 Å². The first-order valence-corrected chi connectivity index (χ1v) is 20.1. The van der Waals surface area contributed by atoms with E-state index in [0.717, 1.165) is 51.4 Å². The Bertz CT molecular complexity index is 2070. The van der Waals surface area contributed by atoms with Gasteiger partial charge in [-0.3, -0.25) is 0 Å². The maximum atomic E-state index is 4.24. The highest BCUT2D eigenvalue weighted by atomic mass is 15.2. The Morgan fingerprint density at radius 2 is 0.945 bits per heavy atom. The number of hydrogen-bond acceptors (Lipinski definition) is 2. The molecule has 4 aromatic rings. The van der Waals surface area contributed by atoms with Crippen LogP contribution >= 0.6 is 0 Å². The van der Waals surface area contributed by atoms with E-state index in [-0.39, 0.29) is 0 Å². The van der Waals surface area contributed by atoms with Crippen LogP contribution < -0.4 is 9.80 Å². The summed E-state index contributed by atoms with van der Waals surface area (Å²) in [7, 11) is 0. The topological polar surface area (TPSA) is 6.48 Å². The van der Waals surface area contributed by atoms with Crippen molar-refractivity contribution in [3.8, 4) is 0 Å². The number of hydrogen-bond donors (Lipinski definition) is 0. The number of nitrogens with zero attached hydrogens (tertiary/aromatic N) is 2. The fourth-order valence-corrected chi connectivity index (χ4v) is 6.10. The average molecular weight is 733 g/mol. The van der Waals surface area contributed by atoms with Gasteiger partial charge in [-0.05, 0) is 110 Å². The van der Waals surface area contributed by atoms with Crippen LogP contribution in [0, 0.1) is 0 Å². The third-order valence-electron chi connectivity index (χ3n) is 8.09. The quantitative estimate of drug-likeness (QED) is 0.0941. The highest BCUT2D eigenvalue weighted by Gasteiger charge is 2.22. The maximum Gasteiger partial charge on any atom is 0.0546 e. The molecule has 0 fully saturated rings. The minimum Gasteiger partial charge on any atom is -0.310 e. The SMILES string of the molecule is C=C/C=C(\C=C/CC)N(/C(C=C)=C/C=C\C)c1cc2c3ccccc3c(N(C(/C=C\C)=C/C)C(/C=C\C)=C/C=C)cc2c2ccccc12.CC.CC.CCC. The fourth-order valence-electron chi connectivity index (χ4n) is 6.10. The minimum atomic E-state index is 0.920. The lowest BCUT2D eigenvalue weighted by atomic mass is 9.93. The average Bonchev–Trinajstić information content (AvgIpc) is 3.22. The number of rotatable bonds is 14. The molecule has 2 nitrogen and oxygen atoms in total. The molecule has 0 atom stereocenters. The van der Waals surface area contributed by atoms with Crippen molar-refractivity contribution in [1.29, 1.82) is 0 Å². The number of anilines is 2. The van der Waals surface area contributed by atoms with Gasteiger partial charge in [-0.15, -0.1) is 0 Å². The van der Waals surface area contributed by atoms with Crippen LogP contribution in [-0.4, -0.2) is 0 Å². The second-order valence-corrected chi connectivity index (χ2v) is 11.9. The standard InChI is InChI=1S/C46H48N2.C3H8.2C2H6/c1-9-17-27-36(16-8)48(38(26-14-6)28-18-10-2)46-34-44-39-29-19-21-31-41(39)45(33-43(44)40-30-20-22-32-42(40)46)47(35(15-7)23-11-3)37(24-12-4)25-13-5;1-3-2;2*1-2/h9,11-34H,4,6,8,10H2,1-3,5,7H3;3H2,1-2H3;2*1-2H3/b17-9-,23-11-,25-13-,28-18-,35-15+,36-27+,37-24+,38-26+;;;. The molecule has 0 amide bonds. The van der Waals surface area contributed by atoms with Crippen LogP contribution in [0.4, 0.5) is 11.4 Å². The molecular formula is C53H68N2. The molecule has 4 aromatic carbocycles. The van der Waals surface area contributed by atoms with E-state index in [4.69, 9.17) is 0 Å². The smallest absolute Gasteiger partial charge is 0.0546 e. The fraction of sp³-hybridized carbons (Fsp3) is 0.245. The van der Waals surface area contributed by atoms with Crippen LogP contribution in [0.1, 0.15) is 89.0 Å². The van der Waals surface area contributed by atoms with Gasteiger partial charge in [-0.2, -0.15) is 0 Å². The van der Waals surface area contributed by atoms with E-state index in [2.05, 4.69) is 192 Å². The number of benzene rings is 4. The molecule has 0 aromatic heterocycles. The van der Waals surface area contributed by atoms with Crippen LogP contribution in [0.3, 0.4) is 0 Å². The molecule has 0 saturated carbocycles. The number of fused-ring (bicyclic) bond motifs is 5. The van der Waals surface area contributed by atoms with Crippen molar-refractivity contribution < 1.29 is 0 Å². The van der Waals surface area contributed by atoms with Crippen LogP contribution in [-0.2, 0) is 0 Å². The largest absolute Gasteiger partial charge is 0.310 e. The third-order valence-corrected chi connectivity index (χ3v) is 8.09. The minimum absolute atomic E-state index is 0.920. The molecule has 2 heteroatoms. The Labute approximate surface area is 335 Å². The highest BCUT2D eigenvalue weighted by Crippen LogP contribution is 2.44. The van der Waals surface area contributed by atoms with Crippen molar-refractivity contribution in [2.24, 2.45) is 0 Å². The molecule has 0 unspecified atom stereocenters. The van der Waals surface area contributed by atoms with Gasteiger partial charge in [0, 0.05) is 33.6 Å². The van der Waals surface area contributed by atoms with Gasteiger partial charge < -0.3 is 9.80 Å². The predicted octanol–water partition coefficient (Wildman–Crippen LogP) is 17.0. The van der Waals surface area contributed by atoms with Gasteiger partial charge in [0.15, 0.2) is 0 Å². The lowest BCUT2D eigenvalue weighted by Gasteiger charge is -2.31. The second kappa shape index (κ2) is 27.1. The van der Waals surface area contributed by atoms with Crippen molar-refractivity contribution in [3.63, 3.8) is 0 Å². The zero-order valence-corrected chi connectivity index (χ0v) is 35.9. The van der Waals surface area contributed by atoms with Gasteiger partial charge in [0.2, 0.25) is 0 Å². The molecular weight excluding hydrogens is 665 g/mol. The summed E-state index contributed by atoms with van der Waals surface area (Å²) in [6.45, 7) is 35.0. The van der Waals surface area contributed by atoms with Gasteiger partial charge in [-0.25, -0.2) is 0 Å². The monoisotopic (exact) mass is 733 g/mol. The van der Waals surface area contributed by atoms with E-state index in [1.54, 1.807) is 0 Å². The molecule has 0 aliphatic carbocycles. The third kappa shape index (κ3) is 12.2. The van der Waals surface area contributed by atoms with Crippen molar-refractivity contribution in [2.45, 2.75) is 89.0 Å². The molecule has 0 radical (unpaired) electrons. The van der Waals surface area contributed by atoms with Crippen LogP contribution in [0.25, 0.3) is 32.3 Å². The van der Waals surface area contributed by atoms with Gasteiger partial charge in [0.25, 0.3) is 0 Å². The molecule has 0 N–H and O–H groups in total. The summed E-state index contributed by atoms with van der Waals surface area (Å²) in [5, 5.41) is 6.99. The van der Waals surface area contributed by atoms with E-state index in [1.165, 1.54) is 28.0 Å². The van der Waals surface area contributed by atoms with Gasteiger partial charge >= 0.3 is 0 Å². The molecule has 0 heterocycles. The molecule has 4 rings (SSSR count). The Morgan fingerprint density at radius 3 is 1.33 bits per heavy atom. The Hall–Kier alpha value is -5.60. The summed E-state index contributed by atoms with van der Waals surface area (Å²) in [6, 6.07) is 22.1. The van der Waals surface area contributed by atoms with E-state index >= 15 is 0 Å². The molecule has 0 aliphatic heterocycles. The van der Waals surface area contributed by atoms with E-state index in [1.807, 2.05) is 65.8 Å². The summed E-state index contributed by atoms with van der Waals surface area (Å²) in [6.07, 6.45) is 33.1. The Morgan fingerprint density at radius 1 is 0.527 bits per heavy atom. The molecule has 0 saturated heterocycles. The lowest BCUT2D eigenvalue weighted by molar-refractivity contribution is 1.09. The molecule has 0 spiro atoms. The van der Waals surface area contributed by atoms with E-state index < -0.39 is 0 Å². The van der Waals surface area contributed by atoms with Crippen molar-refractivity contribution >= 4 is 43.7 Å². The zero-order chi connectivity index (χ0) is 41.2. The molecule has 0 bridgehead atoms. The van der Waals surface area contributed by atoms with Gasteiger partial charge in [-0.1, -0.05) is 172 Å². The highest BCUT2D eigenvalue weighted by molar-refractivity contribution is 6.24. The zero-order valence-electron chi connectivity index (χ0n) is 35.9. The van der Waals surface area contributed by atoms with E-state index in [9.17, 15) is 0 Å².